The van der Waals surface area contributed by atoms with Crippen molar-refractivity contribution < 1.29 is 0 Å². The van der Waals surface area contributed by atoms with Gasteiger partial charge in [0.2, 0.25) is 0 Å². The minimum absolute atomic E-state index is 0.0695. The van der Waals surface area contributed by atoms with Crippen LogP contribution in [0.25, 0.3) is 11.2 Å². The Balaban J connectivity index is 1.85. The van der Waals surface area contributed by atoms with Crippen molar-refractivity contribution in [1.82, 2.24) is 24.9 Å². The number of hydrogen-bond donors (Lipinski definition) is 2. The van der Waals surface area contributed by atoms with Gasteiger partial charge in [-0.2, -0.15) is 0 Å². The Morgan fingerprint density at radius 3 is 2.76 bits per heavy atom. The molecule has 0 aliphatic rings. The summed E-state index contributed by atoms with van der Waals surface area (Å²) < 4.78 is 0. The Hall–Kier alpha value is -2.02. The number of fused-ring (bicyclic) bond motifs is 1. The third-order valence-electron chi connectivity index (χ3n) is 3.24. The Bertz CT molecular complexity index is 754. The van der Waals surface area contributed by atoms with E-state index >= 15 is 0 Å². The highest BCUT2D eigenvalue weighted by molar-refractivity contribution is 7.09. The highest BCUT2D eigenvalue weighted by atomic mass is 32.1. The van der Waals surface area contributed by atoms with Gasteiger partial charge in [0.05, 0.1) is 18.1 Å². The Morgan fingerprint density at radius 1 is 1.24 bits per heavy atom. The Kier molecular flexibility index (Phi) is 3.36. The molecule has 110 valence electrons. The van der Waals surface area contributed by atoms with Crippen LogP contribution in [-0.4, -0.2) is 24.9 Å². The summed E-state index contributed by atoms with van der Waals surface area (Å²) in [5.74, 6) is 0.748. The van der Waals surface area contributed by atoms with Crippen LogP contribution in [0.1, 0.15) is 44.4 Å². The molecule has 3 aromatic heterocycles. The van der Waals surface area contributed by atoms with Crippen LogP contribution in [0.15, 0.2) is 18.0 Å². The second kappa shape index (κ2) is 5.07. The van der Waals surface area contributed by atoms with Gasteiger partial charge in [0.15, 0.2) is 11.5 Å². The normalized spacial score (nSPS) is 13.5. The van der Waals surface area contributed by atoms with Crippen LogP contribution < -0.4 is 5.32 Å². The first-order valence-electron chi connectivity index (χ1n) is 6.81. The molecule has 3 heterocycles. The highest BCUT2D eigenvalue weighted by Crippen LogP contribution is 2.28. The van der Waals surface area contributed by atoms with Crippen molar-refractivity contribution in [1.29, 1.82) is 0 Å². The summed E-state index contributed by atoms with van der Waals surface area (Å²) in [5, 5.41) is 6.55. The van der Waals surface area contributed by atoms with Crippen LogP contribution in [0.3, 0.4) is 0 Å². The first-order valence-corrected chi connectivity index (χ1v) is 7.69. The lowest BCUT2D eigenvalue weighted by atomic mass is 9.93. The van der Waals surface area contributed by atoms with Gasteiger partial charge in [0, 0.05) is 10.8 Å². The van der Waals surface area contributed by atoms with Gasteiger partial charge in [-0.15, -0.1) is 11.3 Å². The molecule has 0 radical (unpaired) electrons. The maximum Gasteiger partial charge on any atom is 0.182 e. The minimum atomic E-state index is 0.0695. The predicted octanol–water partition coefficient (Wildman–Crippen LogP) is 3.28. The first-order chi connectivity index (χ1) is 9.95. The van der Waals surface area contributed by atoms with Gasteiger partial charge in [0.25, 0.3) is 0 Å². The molecule has 21 heavy (non-hydrogen) atoms. The fourth-order valence-corrected chi connectivity index (χ4v) is 3.03. The molecule has 0 amide bonds. The fraction of sp³-hybridized carbons (Fsp3) is 0.429. The van der Waals surface area contributed by atoms with Crippen LogP contribution in [-0.2, 0) is 5.41 Å². The number of aromatic nitrogens is 5. The summed E-state index contributed by atoms with van der Waals surface area (Å²) in [7, 11) is 0. The third kappa shape index (κ3) is 2.73. The van der Waals surface area contributed by atoms with E-state index in [4.69, 9.17) is 4.98 Å². The van der Waals surface area contributed by atoms with Gasteiger partial charge < -0.3 is 10.3 Å². The second-order valence-corrected chi connectivity index (χ2v) is 6.90. The zero-order valence-electron chi connectivity index (χ0n) is 12.5. The number of thiazole rings is 1. The number of nitrogens with zero attached hydrogens (tertiary/aromatic N) is 4. The highest BCUT2D eigenvalue weighted by Gasteiger charge is 2.20. The number of imidazole rings is 1. The standard InChI is InChI=1S/C14H18N6S/c1-8(13-20-9(5-21-13)14(2,3)4)19-12-10-11(16-6-15-10)17-7-18-12/h5-8H,1-4H3,(H2,15,16,17,18,19). The van der Waals surface area contributed by atoms with Crippen molar-refractivity contribution in [3.63, 3.8) is 0 Å². The SMILES string of the molecule is CC(Nc1ncnc2nc[nH]c12)c1nc(C(C)(C)C)cs1. The van der Waals surface area contributed by atoms with E-state index in [0.717, 1.165) is 22.0 Å². The molecule has 0 saturated heterocycles. The topological polar surface area (TPSA) is 79.4 Å². The minimum Gasteiger partial charge on any atom is -0.359 e. The summed E-state index contributed by atoms with van der Waals surface area (Å²) in [5.41, 5.74) is 2.66. The molecule has 0 aromatic carbocycles. The van der Waals surface area contributed by atoms with Crippen LogP contribution in [0.5, 0.6) is 0 Å². The first kappa shape index (κ1) is 13.9. The maximum absolute atomic E-state index is 4.73. The van der Waals surface area contributed by atoms with Gasteiger partial charge in [-0.05, 0) is 6.92 Å². The van der Waals surface area contributed by atoms with Crippen LogP contribution >= 0.6 is 11.3 Å². The Labute approximate surface area is 127 Å². The number of nitrogens with one attached hydrogen (secondary N) is 2. The summed E-state index contributed by atoms with van der Waals surface area (Å²) in [6.45, 7) is 8.59. The molecule has 7 heteroatoms. The number of H-pyrrole nitrogens is 1. The second-order valence-electron chi connectivity index (χ2n) is 6.01. The van der Waals surface area contributed by atoms with Crippen molar-refractivity contribution in [3.05, 3.63) is 28.7 Å². The van der Waals surface area contributed by atoms with Crippen molar-refractivity contribution in [3.8, 4) is 0 Å². The van der Waals surface area contributed by atoms with Crippen LogP contribution in [0.4, 0.5) is 5.82 Å². The predicted molar refractivity (Wildman–Crippen MR) is 84.5 cm³/mol. The molecule has 1 atom stereocenters. The zero-order valence-corrected chi connectivity index (χ0v) is 13.3. The van der Waals surface area contributed by atoms with E-state index in [-0.39, 0.29) is 11.5 Å². The van der Waals surface area contributed by atoms with Crippen LogP contribution in [0.2, 0.25) is 0 Å². The largest absolute Gasteiger partial charge is 0.359 e. The smallest absolute Gasteiger partial charge is 0.182 e. The molecule has 0 spiro atoms. The average molecular weight is 302 g/mol. The molecule has 3 rings (SSSR count). The summed E-state index contributed by atoms with van der Waals surface area (Å²) in [6.07, 6.45) is 3.14. The number of anilines is 1. The summed E-state index contributed by atoms with van der Waals surface area (Å²) >= 11 is 1.67. The molecule has 0 fully saturated rings. The van der Waals surface area contributed by atoms with E-state index in [1.165, 1.54) is 6.33 Å². The van der Waals surface area contributed by atoms with Crippen molar-refractivity contribution in [2.24, 2.45) is 0 Å². The van der Waals surface area contributed by atoms with Crippen LogP contribution in [0, 0.1) is 0 Å². The van der Waals surface area contributed by atoms with E-state index in [1.54, 1.807) is 17.7 Å². The lowest BCUT2D eigenvalue weighted by Gasteiger charge is -2.15. The molecule has 0 bridgehead atoms. The quantitative estimate of drug-likeness (QED) is 0.776. The lowest BCUT2D eigenvalue weighted by molar-refractivity contribution is 0.569. The number of aromatic amines is 1. The van der Waals surface area contributed by atoms with E-state index in [1.807, 2.05) is 0 Å². The third-order valence-corrected chi connectivity index (χ3v) is 4.26. The number of hydrogen-bond acceptors (Lipinski definition) is 6. The van der Waals surface area contributed by atoms with Crippen molar-refractivity contribution in [2.75, 3.05) is 5.32 Å². The molecule has 6 nitrogen and oxygen atoms in total. The summed E-state index contributed by atoms with van der Waals surface area (Å²) in [4.78, 5) is 20.3. The van der Waals surface area contributed by atoms with E-state index in [9.17, 15) is 0 Å². The molecule has 2 N–H and O–H groups in total. The maximum atomic E-state index is 4.73. The lowest BCUT2D eigenvalue weighted by Crippen LogP contribution is -2.13. The Morgan fingerprint density at radius 2 is 2.05 bits per heavy atom. The fourth-order valence-electron chi connectivity index (χ4n) is 1.97. The monoisotopic (exact) mass is 302 g/mol. The van der Waals surface area contributed by atoms with Gasteiger partial charge in [-0.1, -0.05) is 20.8 Å². The average Bonchev–Trinajstić information content (AvgIpc) is 3.07. The van der Waals surface area contributed by atoms with Gasteiger partial charge in [0.1, 0.15) is 16.9 Å². The molecule has 0 aliphatic heterocycles. The molecule has 1 unspecified atom stereocenters. The molecular weight excluding hydrogens is 284 g/mol. The molecule has 0 aliphatic carbocycles. The van der Waals surface area contributed by atoms with Gasteiger partial charge in [-0.3, -0.25) is 0 Å². The van der Waals surface area contributed by atoms with Crippen molar-refractivity contribution in [2.45, 2.75) is 39.2 Å². The van der Waals surface area contributed by atoms with E-state index < -0.39 is 0 Å². The van der Waals surface area contributed by atoms with E-state index in [0.29, 0.717) is 5.65 Å². The van der Waals surface area contributed by atoms with Gasteiger partial charge >= 0.3 is 0 Å². The van der Waals surface area contributed by atoms with Gasteiger partial charge in [-0.25, -0.2) is 19.9 Å². The molecule has 0 saturated carbocycles. The van der Waals surface area contributed by atoms with E-state index in [2.05, 4.69) is 58.3 Å². The zero-order chi connectivity index (χ0) is 15.0. The number of rotatable bonds is 3. The van der Waals surface area contributed by atoms with Crippen molar-refractivity contribution >= 4 is 28.3 Å². The summed E-state index contributed by atoms with van der Waals surface area (Å²) in [6, 6.07) is 0.0764. The molecule has 3 aromatic rings. The molecular formula is C14H18N6S.